The summed E-state index contributed by atoms with van der Waals surface area (Å²) >= 11 is 0. The molecule has 236 valence electrons. The van der Waals surface area contributed by atoms with Crippen molar-refractivity contribution >= 4 is 11.4 Å². The zero-order valence-electron chi connectivity index (χ0n) is 27.6. The number of piperazine rings is 1. The number of hydrogen-bond acceptors (Lipinski definition) is 5. The molecule has 4 fully saturated rings. The topological polar surface area (TPSA) is 31.0 Å². The molecule has 5 nitrogen and oxygen atoms in total. The minimum atomic E-state index is 0.740. The van der Waals surface area contributed by atoms with Crippen molar-refractivity contribution in [2.75, 3.05) is 63.1 Å². The highest BCUT2D eigenvalue weighted by Gasteiger charge is 2.49. The third-order valence-electron chi connectivity index (χ3n) is 11.8. The van der Waals surface area contributed by atoms with Crippen molar-refractivity contribution in [1.82, 2.24) is 9.80 Å². The summed E-state index contributed by atoms with van der Waals surface area (Å²) in [7, 11) is 1.76. The van der Waals surface area contributed by atoms with Crippen molar-refractivity contribution in [1.29, 1.82) is 0 Å². The Morgan fingerprint density at radius 1 is 0.930 bits per heavy atom. The lowest BCUT2D eigenvalue weighted by Crippen LogP contribution is -2.51. The summed E-state index contributed by atoms with van der Waals surface area (Å²) in [6.45, 7) is 15.2. The van der Waals surface area contributed by atoms with Crippen molar-refractivity contribution in [2.24, 2.45) is 23.7 Å². The van der Waals surface area contributed by atoms with Gasteiger partial charge in [-0.3, -0.25) is 9.80 Å². The van der Waals surface area contributed by atoms with Crippen molar-refractivity contribution in [2.45, 2.75) is 90.6 Å². The van der Waals surface area contributed by atoms with Crippen LogP contribution < -0.4 is 15.0 Å². The second-order valence-corrected chi connectivity index (χ2v) is 14.4. The fourth-order valence-corrected chi connectivity index (χ4v) is 9.36. The summed E-state index contributed by atoms with van der Waals surface area (Å²) in [5, 5.41) is 3.66. The minimum absolute atomic E-state index is 0.740. The monoisotopic (exact) mass is 586 g/mol. The average molecular weight is 587 g/mol. The van der Waals surface area contributed by atoms with Gasteiger partial charge >= 0.3 is 0 Å². The van der Waals surface area contributed by atoms with E-state index in [4.69, 9.17) is 4.74 Å². The Balaban J connectivity index is 1.06. The van der Waals surface area contributed by atoms with Crippen LogP contribution in [0.3, 0.4) is 0 Å². The Morgan fingerprint density at radius 2 is 1.72 bits per heavy atom. The van der Waals surface area contributed by atoms with Gasteiger partial charge in [-0.05, 0) is 124 Å². The number of anilines is 2. The van der Waals surface area contributed by atoms with Crippen LogP contribution in [0.1, 0.15) is 76.3 Å². The first-order valence-corrected chi connectivity index (χ1v) is 17.7. The first-order chi connectivity index (χ1) is 21.0. The quantitative estimate of drug-likeness (QED) is 0.279. The molecular formula is C38H58N4O. The fourth-order valence-electron chi connectivity index (χ4n) is 9.36. The Kier molecular flexibility index (Phi) is 10.2. The number of aryl methyl sites for hydroxylation is 1. The zero-order chi connectivity index (χ0) is 29.8. The Morgan fingerprint density at radius 3 is 2.49 bits per heavy atom. The van der Waals surface area contributed by atoms with Crippen molar-refractivity contribution in [3.8, 4) is 5.75 Å². The van der Waals surface area contributed by atoms with Crippen LogP contribution in [0.25, 0.3) is 0 Å². The molecule has 1 aliphatic heterocycles. The number of fused-ring (bicyclic) bond motifs is 2. The van der Waals surface area contributed by atoms with E-state index in [1.54, 1.807) is 12.7 Å². The summed E-state index contributed by atoms with van der Waals surface area (Å²) in [5.74, 6) is 4.44. The molecule has 4 atom stereocenters. The van der Waals surface area contributed by atoms with Gasteiger partial charge in [0.15, 0.2) is 0 Å². The van der Waals surface area contributed by atoms with Gasteiger partial charge in [0, 0.05) is 57.0 Å². The second kappa shape index (κ2) is 14.2. The maximum absolute atomic E-state index is 5.57. The lowest BCUT2D eigenvalue weighted by atomic mass is 9.86. The van der Waals surface area contributed by atoms with Crippen LogP contribution in [0.5, 0.6) is 5.75 Å². The van der Waals surface area contributed by atoms with Crippen molar-refractivity contribution in [3.05, 3.63) is 53.6 Å². The zero-order valence-corrected chi connectivity index (χ0v) is 27.6. The molecule has 0 radical (unpaired) electrons. The molecule has 2 aromatic carbocycles. The first-order valence-electron chi connectivity index (χ1n) is 17.7. The van der Waals surface area contributed by atoms with Crippen LogP contribution in [0.15, 0.2) is 42.5 Å². The van der Waals surface area contributed by atoms with Gasteiger partial charge in [-0.1, -0.05) is 38.1 Å². The summed E-state index contributed by atoms with van der Waals surface area (Å²) in [4.78, 5) is 8.34. The van der Waals surface area contributed by atoms with Crippen LogP contribution >= 0.6 is 0 Å². The second-order valence-electron chi connectivity index (χ2n) is 14.4. The molecule has 0 amide bonds. The van der Waals surface area contributed by atoms with Gasteiger partial charge in [-0.15, -0.1) is 0 Å². The lowest BCUT2D eigenvalue weighted by molar-refractivity contribution is 0.133. The number of benzene rings is 2. The van der Waals surface area contributed by atoms with E-state index in [2.05, 4.69) is 71.1 Å². The molecule has 1 heterocycles. The van der Waals surface area contributed by atoms with Gasteiger partial charge in [0.25, 0.3) is 0 Å². The van der Waals surface area contributed by atoms with E-state index in [-0.39, 0.29) is 0 Å². The van der Waals surface area contributed by atoms with E-state index in [0.29, 0.717) is 0 Å². The number of methoxy groups -OCH3 is 1. The molecule has 1 N–H and O–H groups in total. The molecule has 2 bridgehead atoms. The van der Waals surface area contributed by atoms with E-state index in [1.165, 1.54) is 102 Å². The number of para-hydroxylation sites is 2. The van der Waals surface area contributed by atoms with Gasteiger partial charge in [-0.2, -0.15) is 0 Å². The Labute approximate surface area is 262 Å². The number of ether oxygens (including phenoxy) is 1. The first kappa shape index (κ1) is 30.8. The molecule has 4 unspecified atom stereocenters. The van der Waals surface area contributed by atoms with Gasteiger partial charge in [0.05, 0.1) is 12.8 Å². The highest BCUT2D eigenvalue weighted by molar-refractivity contribution is 5.56. The molecule has 5 heteroatoms. The summed E-state index contributed by atoms with van der Waals surface area (Å²) < 4.78 is 5.57. The molecule has 0 aromatic heterocycles. The van der Waals surface area contributed by atoms with E-state index in [0.717, 1.165) is 60.3 Å². The third-order valence-corrected chi connectivity index (χ3v) is 11.8. The van der Waals surface area contributed by atoms with Gasteiger partial charge in [0.2, 0.25) is 0 Å². The molecule has 2 aromatic rings. The molecule has 43 heavy (non-hydrogen) atoms. The number of hydrogen-bond donors (Lipinski definition) is 1. The average Bonchev–Trinajstić information content (AvgIpc) is 3.58. The van der Waals surface area contributed by atoms with Gasteiger partial charge < -0.3 is 15.0 Å². The molecule has 6 rings (SSSR count). The van der Waals surface area contributed by atoms with E-state index in [9.17, 15) is 0 Å². The van der Waals surface area contributed by atoms with Crippen LogP contribution in [-0.2, 0) is 6.42 Å². The van der Waals surface area contributed by atoms with Gasteiger partial charge in [-0.25, -0.2) is 0 Å². The molecule has 4 aliphatic rings. The smallest absolute Gasteiger partial charge is 0.141 e. The van der Waals surface area contributed by atoms with E-state index >= 15 is 0 Å². The highest BCUT2D eigenvalue weighted by atomic mass is 16.5. The number of nitrogens with zero attached hydrogens (tertiary/aromatic N) is 3. The molecule has 0 spiro atoms. The Hall–Kier alpha value is -2.24. The van der Waals surface area contributed by atoms with E-state index < -0.39 is 0 Å². The van der Waals surface area contributed by atoms with Crippen LogP contribution in [-0.4, -0.2) is 74.8 Å². The maximum Gasteiger partial charge on any atom is 0.141 e. The highest BCUT2D eigenvalue weighted by Crippen LogP contribution is 2.52. The van der Waals surface area contributed by atoms with Crippen LogP contribution in [0, 0.1) is 30.6 Å². The fraction of sp³-hybridized carbons (Fsp3) is 0.684. The molecule has 1 saturated heterocycles. The summed E-state index contributed by atoms with van der Waals surface area (Å²) in [6, 6.07) is 17.3. The third kappa shape index (κ3) is 7.04. The number of rotatable bonds is 12. The van der Waals surface area contributed by atoms with Crippen molar-refractivity contribution in [3.63, 3.8) is 0 Å². The summed E-state index contributed by atoms with van der Waals surface area (Å²) in [6.07, 6.45) is 12.4. The lowest BCUT2D eigenvalue weighted by Gasteiger charge is -2.42. The summed E-state index contributed by atoms with van der Waals surface area (Å²) in [5.41, 5.74) is 5.64. The SMILES string of the molecule is CCCN(CCNc1ccccc1OC)C1CC2CCC1C2Cc1ccc(C)c(N2CCN(C3CCC(C)CC3)CC2)c1. The Bertz CT molecular complexity index is 1170. The standard InChI is InChI=1S/C38H58N4O/c1-5-19-41(20-18-39-35-8-6-7-9-38(35)43-4)37-27-31-14-17-33(37)34(31)25-30-13-12-29(3)36(26-30)42-23-21-40(22-24-42)32-15-10-28(2)11-16-32/h6-9,12-13,26,28,31-34,37,39H,5,10-11,14-25,27H2,1-4H3. The largest absolute Gasteiger partial charge is 0.495 e. The van der Waals surface area contributed by atoms with Crippen LogP contribution in [0.2, 0.25) is 0 Å². The van der Waals surface area contributed by atoms with Crippen LogP contribution in [0.4, 0.5) is 11.4 Å². The molecule has 3 aliphatic carbocycles. The maximum atomic E-state index is 5.57. The van der Waals surface area contributed by atoms with Crippen molar-refractivity contribution < 1.29 is 4.74 Å². The predicted molar refractivity (Wildman–Crippen MR) is 182 cm³/mol. The number of nitrogens with one attached hydrogen (secondary N) is 1. The molecular weight excluding hydrogens is 528 g/mol. The van der Waals surface area contributed by atoms with E-state index in [1.807, 2.05) is 12.1 Å². The predicted octanol–water partition coefficient (Wildman–Crippen LogP) is 7.49. The van der Waals surface area contributed by atoms with Gasteiger partial charge in [0.1, 0.15) is 5.75 Å². The normalized spacial score (nSPS) is 29.4. The molecule has 3 saturated carbocycles. The minimum Gasteiger partial charge on any atom is -0.495 e.